The van der Waals surface area contributed by atoms with Crippen molar-refractivity contribution >= 4 is 5.97 Å². The molecule has 144 valence electrons. The summed E-state index contributed by atoms with van der Waals surface area (Å²) in [6.07, 6.45) is 6.22. The zero-order valence-corrected chi connectivity index (χ0v) is 16.9. The van der Waals surface area contributed by atoms with Crippen molar-refractivity contribution in [2.75, 3.05) is 6.61 Å². The summed E-state index contributed by atoms with van der Waals surface area (Å²) in [5, 5.41) is 0. The summed E-state index contributed by atoms with van der Waals surface area (Å²) in [5.41, 5.74) is 3.26. The van der Waals surface area contributed by atoms with Crippen molar-refractivity contribution in [2.45, 2.75) is 73.0 Å². The summed E-state index contributed by atoms with van der Waals surface area (Å²) in [6.45, 7) is 13.2. The van der Waals surface area contributed by atoms with E-state index in [1.54, 1.807) is 6.08 Å². The third kappa shape index (κ3) is 3.13. The van der Waals surface area contributed by atoms with E-state index in [1.165, 1.54) is 5.56 Å². The first-order valence-corrected chi connectivity index (χ1v) is 9.82. The average Bonchev–Trinajstić information content (AvgIpc) is 2.92. The number of aryl methyl sites for hydroxylation is 1. The number of carbonyl (C=O) groups excluding carboxylic acids is 1. The number of esters is 1. The molecule has 4 heteroatoms. The minimum absolute atomic E-state index is 0.0139. The maximum absolute atomic E-state index is 12.2. The van der Waals surface area contributed by atoms with Crippen LogP contribution in [0.25, 0.3) is 0 Å². The normalized spacial score (nSPS) is 33.2. The molecule has 1 aromatic rings. The van der Waals surface area contributed by atoms with Crippen molar-refractivity contribution in [3.63, 3.8) is 0 Å². The number of ether oxygens (including phenoxy) is 2. The molecule has 0 aromatic carbocycles. The van der Waals surface area contributed by atoms with Crippen LogP contribution in [0, 0.1) is 24.2 Å². The van der Waals surface area contributed by atoms with Crippen molar-refractivity contribution in [3.05, 3.63) is 34.8 Å². The molecule has 2 aliphatic carbocycles. The lowest BCUT2D eigenvalue weighted by Gasteiger charge is -2.55. The molecule has 0 spiro atoms. The van der Waals surface area contributed by atoms with Gasteiger partial charge in [-0.2, -0.15) is 0 Å². The number of hydrogen-bond donors (Lipinski definition) is 0. The second-order valence-electron chi connectivity index (χ2n) is 8.42. The Balaban J connectivity index is 1.93. The molecule has 1 heterocycles. The molecule has 3 rings (SSSR count). The van der Waals surface area contributed by atoms with Gasteiger partial charge in [0.05, 0.1) is 12.4 Å². The van der Waals surface area contributed by atoms with Gasteiger partial charge in [-0.1, -0.05) is 19.4 Å². The van der Waals surface area contributed by atoms with Crippen LogP contribution in [0.4, 0.5) is 0 Å². The van der Waals surface area contributed by atoms with E-state index in [0.29, 0.717) is 12.5 Å². The summed E-state index contributed by atoms with van der Waals surface area (Å²) in [6, 6.07) is 0. The predicted molar refractivity (Wildman–Crippen MR) is 101 cm³/mol. The lowest BCUT2D eigenvalue weighted by molar-refractivity contribution is -0.174. The molecule has 26 heavy (non-hydrogen) atoms. The van der Waals surface area contributed by atoms with Gasteiger partial charge in [0.15, 0.2) is 0 Å². The van der Waals surface area contributed by atoms with Crippen LogP contribution in [-0.2, 0) is 20.7 Å². The fraction of sp³-hybridized carbons (Fsp3) is 0.682. The van der Waals surface area contributed by atoms with Crippen LogP contribution >= 0.6 is 0 Å². The van der Waals surface area contributed by atoms with Crippen LogP contribution in [-0.4, -0.2) is 18.7 Å². The molecule has 1 fully saturated rings. The molecule has 5 atom stereocenters. The Kier molecular flexibility index (Phi) is 5.34. The molecule has 4 nitrogen and oxygen atoms in total. The van der Waals surface area contributed by atoms with Gasteiger partial charge in [0.25, 0.3) is 0 Å². The minimum atomic E-state index is -0.229. The van der Waals surface area contributed by atoms with Crippen molar-refractivity contribution in [1.82, 2.24) is 0 Å². The van der Waals surface area contributed by atoms with Gasteiger partial charge in [-0.25, -0.2) is 4.79 Å². The topological polar surface area (TPSA) is 48.7 Å². The van der Waals surface area contributed by atoms with Crippen LogP contribution in [0.3, 0.4) is 0 Å². The summed E-state index contributed by atoms with van der Waals surface area (Å²) < 4.78 is 18.0. The van der Waals surface area contributed by atoms with E-state index in [1.807, 2.05) is 27.0 Å². The molecule has 1 aromatic heterocycles. The number of rotatable bonds is 4. The highest BCUT2D eigenvalue weighted by molar-refractivity contribution is 5.82. The van der Waals surface area contributed by atoms with Gasteiger partial charge in [-0.05, 0) is 52.0 Å². The minimum Gasteiger partial charge on any atom is -0.469 e. The van der Waals surface area contributed by atoms with E-state index >= 15 is 0 Å². The van der Waals surface area contributed by atoms with Gasteiger partial charge in [-0.3, -0.25) is 0 Å². The number of hydrogen-bond acceptors (Lipinski definition) is 4. The maximum atomic E-state index is 12.2. The van der Waals surface area contributed by atoms with Crippen LogP contribution in [0.2, 0.25) is 0 Å². The average molecular weight is 360 g/mol. The van der Waals surface area contributed by atoms with Crippen LogP contribution < -0.4 is 0 Å². The maximum Gasteiger partial charge on any atom is 0.330 e. The van der Waals surface area contributed by atoms with Crippen molar-refractivity contribution in [1.29, 1.82) is 0 Å². The number of carbonyl (C=O) groups is 1. The number of fused-ring (bicyclic) bond motifs is 2. The van der Waals surface area contributed by atoms with Gasteiger partial charge in [0.1, 0.15) is 11.9 Å². The highest BCUT2D eigenvalue weighted by Gasteiger charge is 2.56. The second-order valence-corrected chi connectivity index (χ2v) is 8.42. The molecule has 5 unspecified atom stereocenters. The molecule has 0 amide bonds. The quantitative estimate of drug-likeness (QED) is 0.550. The Hall–Kier alpha value is -1.55. The SMILES string of the molecule is CCOC1c2c(C)coc2CC2CCC(OC(=O)C=C(C)C)C(C)C21C. The van der Waals surface area contributed by atoms with Gasteiger partial charge in [-0.15, -0.1) is 0 Å². The molecule has 0 bridgehead atoms. The Bertz CT molecular complexity index is 697. The summed E-state index contributed by atoms with van der Waals surface area (Å²) in [5.74, 6) is 1.55. The zero-order valence-electron chi connectivity index (χ0n) is 16.9. The molecule has 0 radical (unpaired) electrons. The monoisotopic (exact) mass is 360 g/mol. The highest BCUT2D eigenvalue weighted by atomic mass is 16.5. The van der Waals surface area contributed by atoms with E-state index in [-0.39, 0.29) is 29.5 Å². The van der Waals surface area contributed by atoms with E-state index < -0.39 is 0 Å². The lowest BCUT2D eigenvalue weighted by Crippen LogP contribution is -2.52. The van der Waals surface area contributed by atoms with Gasteiger partial charge in [0, 0.05) is 36.0 Å². The van der Waals surface area contributed by atoms with Crippen molar-refractivity contribution < 1.29 is 18.7 Å². The molecule has 0 N–H and O–H groups in total. The molecule has 1 saturated carbocycles. The fourth-order valence-corrected chi connectivity index (χ4v) is 5.04. The molecule has 2 aliphatic rings. The molecular weight excluding hydrogens is 328 g/mol. The van der Waals surface area contributed by atoms with Gasteiger partial charge < -0.3 is 13.9 Å². The largest absolute Gasteiger partial charge is 0.469 e. The van der Waals surface area contributed by atoms with Crippen LogP contribution in [0.1, 0.15) is 70.5 Å². The highest BCUT2D eigenvalue weighted by Crippen LogP contribution is 2.59. The molecule has 0 aliphatic heterocycles. The predicted octanol–water partition coefficient (Wildman–Crippen LogP) is 5.15. The van der Waals surface area contributed by atoms with E-state index in [2.05, 4.69) is 20.8 Å². The third-order valence-corrected chi connectivity index (χ3v) is 6.59. The first-order valence-electron chi connectivity index (χ1n) is 9.82. The molecule has 0 saturated heterocycles. The Labute approximate surface area is 156 Å². The third-order valence-electron chi connectivity index (χ3n) is 6.59. The Morgan fingerprint density at radius 1 is 1.38 bits per heavy atom. The Morgan fingerprint density at radius 2 is 2.12 bits per heavy atom. The number of furan rings is 1. The summed E-state index contributed by atoms with van der Waals surface area (Å²) >= 11 is 0. The van der Waals surface area contributed by atoms with Crippen LogP contribution in [0.5, 0.6) is 0 Å². The standard InChI is InChI=1S/C22H32O4/c1-7-24-21-20-14(4)12-25-18(20)11-16-8-9-17(15(5)22(16,21)6)26-19(23)10-13(2)3/h10,12,15-17,21H,7-9,11H2,1-6H3. The first-order chi connectivity index (χ1) is 12.3. The van der Waals surface area contributed by atoms with E-state index in [9.17, 15) is 4.79 Å². The molecular formula is C22H32O4. The lowest BCUT2D eigenvalue weighted by atomic mass is 9.53. The Morgan fingerprint density at radius 3 is 2.77 bits per heavy atom. The van der Waals surface area contributed by atoms with Crippen LogP contribution in [0.15, 0.2) is 22.3 Å². The first kappa shape index (κ1) is 19.2. The van der Waals surface area contributed by atoms with Crippen molar-refractivity contribution in [2.24, 2.45) is 17.3 Å². The number of allylic oxidation sites excluding steroid dienone is 1. The fourth-order valence-electron chi connectivity index (χ4n) is 5.04. The van der Waals surface area contributed by atoms with Gasteiger partial charge in [0.2, 0.25) is 0 Å². The summed E-state index contributed by atoms with van der Waals surface area (Å²) in [7, 11) is 0. The van der Waals surface area contributed by atoms with Crippen molar-refractivity contribution in [3.8, 4) is 0 Å². The zero-order chi connectivity index (χ0) is 19.1. The summed E-state index contributed by atoms with van der Waals surface area (Å²) in [4.78, 5) is 12.2. The van der Waals surface area contributed by atoms with E-state index in [4.69, 9.17) is 13.9 Å². The van der Waals surface area contributed by atoms with Gasteiger partial charge >= 0.3 is 5.97 Å². The smallest absolute Gasteiger partial charge is 0.330 e. The second kappa shape index (κ2) is 7.22. The van der Waals surface area contributed by atoms with E-state index in [0.717, 1.165) is 36.2 Å².